The number of carboxylic acids is 1. The molecule has 0 bridgehead atoms. The summed E-state index contributed by atoms with van der Waals surface area (Å²) in [6.07, 6.45) is -4.03. The molecule has 3 rings (SSSR count). The second-order valence-electron chi connectivity index (χ2n) is 19.9. The van der Waals surface area contributed by atoms with Crippen LogP contribution in [0, 0.1) is 0 Å². The first-order chi connectivity index (χ1) is 40.6. The molecule has 0 aliphatic carbocycles. The predicted molar refractivity (Wildman–Crippen MR) is 314 cm³/mol. The molecule has 0 radical (unpaired) electrons. The number of fused-ring (bicyclic) bond motifs is 1. The molecule has 1 heterocycles. The number of H-pyrrole nitrogens is 1. The van der Waals surface area contributed by atoms with Crippen molar-refractivity contribution in [1.29, 1.82) is 0 Å². The summed E-state index contributed by atoms with van der Waals surface area (Å²) < 4.78 is 0. The summed E-state index contributed by atoms with van der Waals surface area (Å²) in [5.41, 5.74) is 18.0. The van der Waals surface area contributed by atoms with Crippen LogP contribution in [0.3, 0.4) is 0 Å². The maximum Gasteiger partial charge on any atom is 0.303 e. The molecule has 0 aliphatic heterocycles. The average molecular weight is 1250 g/mol. The monoisotopic (exact) mass is 1240 g/mol. The molecule has 0 saturated carbocycles. The van der Waals surface area contributed by atoms with Gasteiger partial charge in [-0.05, 0) is 75.4 Å². The minimum Gasteiger partial charge on any atom is -0.508 e. The number of benzene rings is 2. The van der Waals surface area contributed by atoms with E-state index in [1.54, 1.807) is 30.5 Å². The van der Waals surface area contributed by atoms with Crippen LogP contribution in [0.1, 0.15) is 70.4 Å². The van der Waals surface area contributed by atoms with Crippen LogP contribution >= 0.6 is 25.3 Å². The van der Waals surface area contributed by atoms with Crippen LogP contribution in [0.25, 0.3) is 10.9 Å². The second kappa shape index (κ2) is 35.7. The number of primary amides is 2. The number of aliphatic hydroxyl groups is 2. The molecule has 0 unspecified atom stereocenters. The number of thiol groups is 2. The highest BCUT2D eigenvalue weighted by atomic mass is 32.1. The molecule has 0 spiro atoms. The number of aliphatic hydroxyl groups excluding tert-OH is 2. The van der Waals surface area contributed by atoms with Gasteiger partial charge in [-0.1, -0.05) is 30.3 Å². The number of nitrogens with two attached hydrogens (primary N) is 3. The summed E-state index contributed by atoms with van der Waals surface area (Å²) >= 11 is 8.05. The molecule has 12 amide bonds. The molecule has 0 aliphatic rings. The van der Waals surface area contributed by atoms with Gasteiger partial charge >= 0.3 is 5.97 Å². The Morgan fingerprint density at radius 3 is 1.60 bits per heavy atom. The van der Waals surface area contributed by atoms with Crippen molar-refractivity contribution in [1.82, 2.24) is 58.2 Å². The molecule has 2 aromatic carbocycles. The fourth-order valence-corrected chi connectivity index (χ4v) is 8.88. The van der Waals surface area contributed by atoms with Gasteiger partial charge < -0.3 is 95.8 Å². The summed E-state index contributed by atoms with van der Waals surface area (Å²) in [6, 6.07) is -2.04. The third-order valence-electron chi connectivity index (χ3n) is 12.9. The van der Waals surface area contributed by atoms with Crippen molar-refractivity contribution in [2.45, 2.75) is 139 Å². The maximum absolute atomic E-state index is 14.3. The molecule has 472 valence electrons. The lowest BCUT2D eigenvalue weighted by Crippen LogP contribution is -2.61. The Morgan fingerprint density at radius 1 is 0.570 bits per heavy atom. The van der Waals surface area contributed by atoms with E-state index in [9.17, 15) is 82.8 Å². The number of amides is 12. The average Bonchev–Trinajstić information content (AvgIpc) is 4.06. The number of phenols is 1. The van der Waals surface area contributed by atoms with E-state index in [1.165, 1.54) is 31.2 Å². The Kier molecular flexibility index (Phi) is 29.8. The smallest absolute Gasteiger partial charge is 0.303 e. The lowest BCUT2D eigenvalue weighted by Gasteiger charge is -2.28. The number of aromatic hydroxyl groups is 1. The summed E-state index contributed by atoms with van der Waals surface area (Å²) in [6.45, 7) is 2.61. The number of carboxylic acid groups (broad SMARTS) is 1. The van der Waals surface area contributed by atoms with Gasteiger partial charge in [-0.3, -0.25) is 62.3 Å². The molecule has 3 aromatic rings. The van der Waals surface area contributed by atoms with E-state index in [0.29, 0.717) is 28.5 Å². The van der Waals surface area contributed by atoms with Gasteiger partial charge in [-0.25, -0.2) is 0 Å². The van der Waals surface area contributed by atoms with Crippen molar-refractivity contribution in [3.8, 4) is 5.75 Å². The topological polar surface area (TPSA) is 517 Å². The van der Waals surface area contributed by atoms with Gasteiger partial charge in [0, 0.05) is 54.8 Å². The van der Waals surface area contributed by atoms with E-state index in [4.69, 9.17) is 17.2 Å². The standard InChI is InChI=1S/C53H76N14O17S2/c1-25(68)43(67-51(82)39(24-86)59-27(3)70)52(83)64-35(18-28-11-13-30(71)14-12-28)48(79)62-34(15-16-42(74)75)46(77)58-22-41(73)60-37(20-40(55)72)49(80)61-33(10-6-7-17-54)47(78)63-36(19-29-21-57-32-9-5-4-8-31(29)32)50(81)66-44(26(2)69)53(84)65-38(23-85)45(56)76/h4-5,8-9,11-14,21,25-26,33-39,43-44,57,68-69,71,85-86H,6-7,10,15-20,22-24,54H2,1-3H3,(H2,55,72)(H2,56,76)(H,58,77)(H,59,70)(H,60,73)(H,61,80)(H,62,79)(H,63,78)(H,64,83)(H,65,84)(H,66,81)(H,67,82)(H,74,75)/t25-,26-,33+,34+,35+,36+,37+,38+,39+,43+,44+/m1/s1. The van der Waals surface area contributed by atoms with Crippen LogP contribution in [0.4, 0.5) is 0 Å². The van der Waals surface area contributed by atoms with Gasteiger partial charge in [0.15, 0.2) is 0 Å². The number of carbonyl (C=O) groups is 13. The second-order valence-corrected chi connectivity index (χ2v) is 20.7. The fraction of sp³-hybridized carbons (Fsp3) is 0.491. The third kappa shape index (κ3) is 23.9. The van der Waals surface area contributed by atoms with Crippen molar-refractivity contribution in [2.24, 2.45) is 17.2 Å². The molecule has 31 nitrogen and oxygen atoms in total. The van der Waals surface area contributed by atoms with Crippen molar-refractivity contribution in [3.63, 3.8) is 0 Å². The number of rotatable bonds is 37. The first-order valence-electron chi connectivity index (χ1n) is 27.0. The molecule has 86 heavy (non-hydrogen) atoms. The Labute approximate surface area is 504 Å². The number of aromatic amines is 1. The minimum absolute atomic E-state index is 0.141. The molecule has 21 N–H and O–H groups in total. The van der Waals surface area contributed by atoms with E-state index in [0.717, 1.165) is 13.8 Å². The Hall–Kier alpha value is -8.53. The van der Waals surface area contributed by atoms with Gasteiger partial charge in [0.1, 0.15) is 60.1 Å². The normalized spacial score (nSPS) is 14.9. The molecule has 33 heteroatoms. The van der Waals surface area contributed by atoms with Crippen LogP contribution in [0.2, 0.25) is 0 Å². The highest BCUT2D eigenvalue weighted by Gasteiger charge is 2.37. The first-order valence-corrected chi connectivity index (χ1v) is 28.2. The number of para-hydroxylation sites is 1. The van der Waals surface area contributed by atoms with E-state index >= 15 is 0 Å². The van der Waals surface area contributed by atoms with Crippen LogP contribution in [-0.4, -0.2) is 193 Å². The van der Waals surface area contributed by atoms with Crippen LogP contribution in [0.15, 0.2) is 54.7 Å². The minimum atomic E-state index is -1.84. The SMILES string of the molecule is CC(=O)N[C@@H](CS)C(=O)N[C@H](C(=O)N[C@@H](Cc1ccc(O)cc1)C(=O)N[C@@H](CCC(=O)O)C(=O)NCC(=O)N[C@@H](CC(N)=O)C(=O)N[C@@H](CCCCN)C(=O)N[C@@H](Cc1c[nH]c2ccccc12)C(=O)N[C@H](C(=O)N[C@@H](CS)C(N)=O)[C@@H](C)O)[C@@H](C)O. The van der Waals surface area contributed by atoms with Crippen molar-refractivity contribution < 1.29 is 82.8 Å². The van der Waals surface area contributed by atoms with Gasteiger partial charge in [-0.15, -0.1) is 0 Å². The summed E-state index contributed by atoms with van der Waals surface area (Å²) in [7, 11) is 0. The molecular weight excluding hydrogens is 1170 g/mol. The summed E-state index contributed by atoms with van der Waals surface area (Å²) in [5, 5.41) is 64.7. The molecule has 1 aromatic heterocycles. The number of nitrogens with one attached hydrogen (secondary N) is 11. The quantitative estimate of drug-likeness (QED) is 0.0189. The van der Waals surface area contributed by atoms with Crippen LogP contribution < -0.4 is 70.4 Å². The van der Waals surface area contributed by atoms with Crippen LogP contribution in [-0.2, 0) is 75.2 Å². The molecule has 0 fully saturated rings. The van der Waals surface area contributed by atoms with Gasteiger partial charge in [0.2, 0.25) is 70.9 Å². The highest BCUT2D eigenvalue weighted by molar-refractivity contribution is 7.80. The number of aromatic nitrogens is 1. The highest BCUT2D eigenvalue weighted by Crippen LogP contribution is 2.20. The summed E-state index contributed by atoms with van der Waals surface area (Å²) in [5.74, 6) is -14.4. The zero-order valence-electron chi connectivity index (χ0n) is 47.3. The predicted octanol–water partition coefficient (Wildman–Crippen LogP) is -5.87. The lowest BCUT2D eigenvalue weighted by atomic mass is 10.0. The number of hydrogen-bond donors (Lipinski definition) is 20. The zero-order chi connectivity index (χ0) is 64.4. The molecular formula is C53H76N14O17S2. The van der Waals surface area contributed by atoms with Gasteiger partial charge in [0.05, 0.1) is 25.2 Å². The van der Waals surface area contributed by atoms with Crippen LogP contribution in [0.5, 0.6) is 5.75 Å². The Bertz CT molecular complexity index is 2890. The van der Waals surface area contributed by atoms with E-state index in [2.05, 4.69) is 83.4 Å². The van der Waals surface area contributed by atoms with Crippen molar-refractivity contribution >= 4 is 113 Å². The van der Waals surface area contributed by atoms with Gasteiger partial charge in [0.25, 0.3) is 0 Å². The maximum atomic E-state index is 14.3. The number of carbonyl (C=O) groups excluding carboxylic acids is 12. The van der Waals surface area contributed by atoms with Crippen molar-refractivity contribution in [2.75, 3.05) is 24.6 Å². The van der Waals surface area contributed by atoms with E-state index in [1.807, 2.05) is 0 Å². The summed E-state index contributed by atoms with van der Waals surface area (Å²) in [4.78, 5) is 175. The van der Waals surface area contributed by atoms with E-state index < -0.39 is 169 Å². The Morgan fingerprint density at radius 2 is 1.07 bits per heavy atom. The Balaban J connectivity index is 1.89. The van der Waals surface area contributed by atoms with E-state index in [-0.39, 0.29) is 49.5 Å². The number of hydrogen-bond acceptors (Lipinski definition) is 19. The van der Waals surface area contributed by atoms with Crippen molar-refractivity contribution in [3.05, 3.63) is 65.9 Å². The zero-order valence-corrected chi connectivity index (χ0v) is 49.0. The fourth-order valence-electron chi connectivity index (χ4n) is 8.36. The largest absolute Gasteiger partial charge is 0.508 e. The molecule has 11 atom stereocenters. The third-order valence-corrected chi connectivity index (χ3v) is 13.7. The number of phenolic OH excluding ortho intramolecular Hbond substituents is 1. The van der Waals surface area contributed by atoms with Gasteiger partial charge in [-0.2, -0.15) is 25.3 Å². The first kappa shape index (κ1) is 71.7. The number of aliphatic carboxylic acids is 1. The lowest BCUT2D eigenvalue weighted by molar-refractivity contribution is -0.138. The molecule has 0 saturated heterocycles. The number of unbranched alkanes of at least 4 members (excludes halogenated alkanes) is 1.